The van der Waals surface area contributed by atoms with E-state index in [0.29, 0.717) is 16.7 Å². The molecule has 1 atom stereocenters. The van der Waals surface area contributed by atoms with Crippen LogP contribution in [0.15, 0.2) is 83.8 Å². The maximum atomic E-state index is 13.7. The summed E-state index contributed by atoms with van der Waals surface area (Å²) >= 11 is 0. The number of nitrogens with zero attached hydrogens (tertiary/aromatic N) is 1. The summed E-state index contributed by atoms with van der Waals surface area (Å²) in [5.41, 5.74) is 1.80. The van der Waals surface area contributed by atoms with E-state index >= 15 is 0 Å². The molecule has 0 saturated heterocycles. The van der Waals surface area contributed by atoms with Crippen LogP contribution in [0, 0.1) is 11.7 Å². The van der Waals surface area contributed by atoms with Crippen LogP contribution in [0.25, 0.3) is 0 Å². The molecule has 7 heteroatoms. The number of hydrogen-bond acceptors (Lipinski definition) is 4. The van der Waals surface area contributed by atoms with Gasteiger partial charge in [-0.2, -0.15) is 4.31 Å². The Morgan fingerprint density at radius 2 is 1.53 bits per heavy atom. The normalized spacial score (nSPS) is 12.7. The molecule has 0 aliphatic rings. The van der Waals surface area contributed by atoms with Crippen LogP contribution >= 0.6 is 0 Å². The average molecular weight is 456 g/mol. The Kier molecular flexibility index (Phi) is 7.43. The Hall–Kier alpha value is -3.03. The fourth-order valence-corrected chi connectivity index (χ4v) is 5.40. The Bertz CT molecular complexity index is 1140. The summed E-state index contributed by atoms with van der Waals surface area (Å²) in [4.78, 5) is 11.9. The van der Waals surface area contributed by atoms with Crippen LogP contribution in [0.5, 0.6) is 0 Å². The number of sulfonamides is 1. The van der Waals surface area contributed by atoms with Crippen LogP contribution in [0.3, 0.4) is 0 Å². The molecule has 0 N–H and O–H groups in total. The number of carbonyl (C=O) groups is 1. The number of methoxy groups -OCH3 is 1. The quantitative estimate of drug-likeness (QED) is 0.438. The summed E-state index contributed by atoms with van der Waals surface area (Å²) in [6.45, 7) is 3.95. The maximum Gasteiger partial charge on any atom is 0.337 e. The van der Waals surface area contributed by atoms with E-state index in [1.54, 1.807) is 66.7 Å². The van der Waals surface area contributed by atoms with Gasteiger partial charge in [-0.3, -0.25) is 0 Å². The smallest absolute Gasteiger partial charge is 0.337 e. The maximum absolute atomic E-state index is 13.7. The average Bonchev–Trinajstić information content (AvgIpc) is 2.80. The summed E-state index contributed by atoms with van der Waals surface area (Å²) in [6, 6.07) is 20.3. The molecule has 0 amide bonds. The lowest BCUT2D eigenvalue weighted by atomic mass is 9.95. The Morgan fingerprint density at radius 1 is 0.938 bits per heavy atom. The summed E-state index contributed by atoms with van der Waals surface area (Å²) in [5.74, 6) is -0.933. The van der Waals surface area contributed by atoms with Crippen LogP contribution in [0.4, 0.5) is 4.39 Å². The van der Waals surface area contributed by atoms with Gasteiger partial charge in [0, 0.05) is 6.54 Å². The molecule has 0 spiro atoms. The van der Waals surface area contributed by atoms with Crippen molar-refractivity contribution in [1.29, 1.82) is 0 Å². The van der Waals surface area contributed by atoms with Crippen molar-refractivity contribution in [1.82, 2.24) is 4.31 Å². The van der Waals surface area contributed by atoms with Crippen molar-refractivity contribution in [3.63, 3.8) is 0 Å². The van der Waals surface area contributed by atoms with E-state index in [2.05, 4.69) is 0 Å². The van der Waals surface area contributed by atoms with Crippen molar-refractivity contribution in [2.75, 3.05) is 7.11 Å². The second kappa shape index (κ2) is 10.1. The van der Waals surface area contributed by atoms with E-state index in [1.807, 2.05) is 13.8 Å². The molecular formula is C25H26FNO4S. The topological polar surface area (TPSA) is 63.7 Å². The van der Waals surface area contributed by atoms with Gasteiger partial charge in [0.05, 0.1) is 23.6 Å². The van der Waals surface area contributed by atoms with Gasteiger partial charge in [0.15, 0.2) is 0 Å². The van der Waals surface area contributed by atoms with Crippen molar-refractivity contribution in [2.24, 2.45) is 5.92 Å². The summed E-state index contributed by atoms with van der Waals surface area (Å²) in [6.07, 6.45) is 0. The SMILES string of the molecule is COC(=O)c1ccc(CN(C(c2ccc(F)cc2)C(C)C)S(=O)(=O)c2ccccc2)cc1. The molecule has 1 unspecified atom stereocenters. The zero-order chi connectivity index (χ0) is 23.3. The highest BCUT2D eigenvalue weighted by Gasteiger charge is 2.34. The number of hydrogen-bond donors (Lipinski definition) is 0. The van der Waals surface area contributed by atoms with E-state index in [0.717, 1.165) is 0 Å². The van der Waals surface area contributed by atoms with Crippen LogP contribution in [0.1, 0.15) is 41.4 Å². The first kappa shape index (κ1) is 23.6. The van der Waals surface area contributed by atoms with Gasteiger partial charge < -0.3 is 4.74 Å². The van der Waals surface area contributed by atoms with E-state index in [1.165, 1.54) is 23.5 Å². The Morgan fingerprint density at radius 3 is 2.06 bits per heavy atom. The van der Waals surface area contributed by atoms with Crippen molar-refractivity contribution < 1.29 is 22.3 Å². The molecule has 32 heavy (non-hydrogen) atoms. The molecule has 0 fully saturated rings. The third-order valence-corrected chi connectivity index (χ3v) is 7.06. The zero-order valence-corrected chi connectivity index (χ0v) is 19.1. The van der Waals surface area contributed by atoms with Gasteiger partial charge in [0.1, 0.15) is 5.82 Å². The molecule has 3 rings (SSSR count). The van der Waals surface area contributed by atoms with Gasteiger partial charge in [0.25, 0.3) is 0 Å². The Balaban J connectivity index is 2.08. The van der Waals surface area contributed by atoms with Crippen molar-refractivity contribution in [3.05, 3.63) is 101 Å². The molecule has 0 radical (unpaired) electrons. The Labute approximate surface area is 188 Å². The molecule has 5 nitrogen and oxygen atoms in total. The number of rotatable bonds is 8. The molecule has 0 aliphatic carbocycles. The van der Waals surface area contributed by atoms with Gasteiger partial charge in [-0.25, -0.2) is 17.6 Å². The molecule has 0 heterocycles. The molecular weight excluding hydrogens is 429 g/mol. The highest BCUT2D eigenvalue weighted by atomic mass is 32.2. The molecule has 3 aromatic rings. The lowest BCUT2D eigenvalue weighted by molar-refractivity contribution is 0.0600. The third-order valence-electron chi connectivity index (χ3n) is 5.22. The van der Waals surface area contributed by atoms with E-state index in [-0.39, 0.29) is 23.2 Å². The summed E-state index contributed by atoms with van der Waals surface area (Å²) < 4.78 is 47.2. The number of halogens is 1. The molecule has 168 valence electrons. The number of benzene rings is 3. The minimum Gasteiger partial charge on any atom is -0.465 e. The van der Waals surface area contributed by atoms with Gasteiger partial charge >= 0.3 is 5.97 Å². The predicted octanol–water partition coefficient (Wildman–Crippen LogP) is 5.20. The number of ether oxygens (including phenoxy) is 1. The van der Waals surface area contributed by atoms with Gasteiger partial charge in [0.2, 0.25) is 10.0 Å². The number of esters is 1. The summed E-state index contributed by atoms with van der Waals surface area (Å²) in [7, 11) is -2.58. The first-order valence-corrected chi connectivity index (χ1v) is 11.7. The van der Waals surface area contributed by atoms with Crippen molar-refractivity contribution in [2.45, 2.75) is 31.3 Å². The van der Waals surface area contributed by atoms with Gasteiger partial charge in [-0.15, -0.1) is 0 Å². The fraction of sp³-hybridized carbons (Fsp3) is 0.240. The van der Waals surface area contributed by atoms with Gasteiger partial charge in [-0.1, -0.05) is 56.3 Å². The monoisotopic (exact) mass is 455 g/mol. The largest absolute Gasteiger partial charge is 0.465 e. The van der Waals surface area contributed by atoms with Crippen molar-refractivity contribution in [3.8, 4) is 0 Å². The van der Waals surface area contributed by atoms with Crippen LogP contribution in [-0.4, -0.2) is 25.8 Å². The minimum absolute atomic E-state index is 0.0822. The molecule has 0 aliphatic heterocycles. The zero-order valence-electron chi connectivity index (χ0n) is 18.2. The number of carbonyl (C=O) groups excluding carboxylic acids is 1. The van der Waals surface area contributed by atoms with Crippen LogP contribution < -0.4 is 0 Å². The molecule has 0 bridgehead atoms. The molecule has 0 saturated carbocycles. The third kappa shape index (κ3) is 5.23. The fourth-order valence-electron chi connectivity index (χ4n) is 3.65. The van der Waals surface area contributed by atoms with E-state index in [9.17, 15) is 17.6 Å². The van der Waals surface area contributed by atoms with E-state index < -0.39 is 22.0 Å². The first-order chi connectivity index (χ1) is 15.2. The lowest BCUT2D eigenvalue weighted by Crippen LogP contribution is -2.37. The second-order valence-corrected chi connectivity index (χ2v) is 9.68. The van der Waals surface area contributed by atoms with E-state index in [4.69, 9.17) is 4.74 Å². The second-order valence-electron chi connectivity index (χ2n) is 7.79. The standard InChI is InChI=1S/C25H26FNO4S/c1-18(2)24(20-13-15-22(26)16-14-20)27(32(29,30)23-7-5-4-6-8-23)17-19-9-11-21(12-10-19)25(28)31-3/h4-16,18,24H,17H2,1-3H3. The van der Waals surface area contributed by atoms with Crippen LogP contribution in [-0.2, 0) is 21.3 Å². The highest BCUT2D eigenvalue weighted by molar-refractivity contribution is 7.89. The van der Waals surface area contributed by atoms with Crippen LogP contribution in [0.2, 0.25) is 0 Å². The molecule has 3 aromatic carbocycles. The van der Waals surface area contributed by atoms with Crippen molar-refractivity contribution >= 4 is 16.0 Å². The first-order valence-electron chi connectivity index (χ1n) is 10.2. The lowest BCUT2D eigenvalue weighted by Gasteiger charge is -2.34. The predicted molar refractivity (Wildman–Crippen MR) is 121 cm³/mol. The molecule has 0 aromatic heterocycles. The highest BCUT2D eigenvalue weighted by Crippen LogP contribution is 2.35. The summed E-state index contributed by atoms with van der Waals surface area (Å²) in [5, 5.41) is 0. The minimum atomic E-state index is -3.88. The van der Waals surface area contributed by atoms with Gasteiger partial charge in [-0.05, 0) is 53.4 Å².